The van der Waals surface area contributed by atoms with Crippen molar-refractivity contribution in [3.8, 4) is 0 Å². The monoisotopic (exact) mass is 294 g/mol. The fraction of sp³-hybridized carbons (Fsp3) is 0.286. The molecule has 1 saturated carbocycles. The summed E-state index contributed by atoms with van der Waals surface area (Å²) in [5.74, 6) is 1.64. The minimum atomic E-state index is -0.226. The van der Waals surface area contributed by atoms with Crippen LogP contribution in [0.1, 0.15) is 30.3 Å². The summed E-state index contributed by atoms with van der Waals surface area (Å²) in [4.78, 5) is 9.62. The van der Waals surface area contributed by atoms with E-state index in [1.165, 1.54) is 36.7 Å². The number of hydrogen-bond acceptors (Lipinski definition) is 3. The van der Waals surface area contributed by atoms with Gasteiger partial charge in [-0.3, -0.25) is 0 Å². The van der Waals surface area contributed by atoms with Crippen molar-refractivity contribution in [2.24, 2.45) is 0 Å². The lowest BCUT2D eigenvalue weighted by atomic mass is 10.3. The zero-order chi connectivity index (χ0) is 13.2. The third kappa shape index (κ3) is 3.45. The topological polar surface area (TPSA) is 25.8 Å². The van der Waals surface area contributed by atoms with Crippen LogP contribution >= 0.6 is 23.4 Å². The molecule has 1 aromatic heterocycles. The van der Waals surface area contributed by atoms with E-state index in [9.17, 15) is 4.39 Å². The molecule has 0 aliphatic heterocycles. The minimum Gasteiger partial charge on any atom is -0.237 e. The molecule has 1 heterocycles. The van der Waals surface area contributed by atoms with Crippen molar-refractivity contribution in [2.75, 3.05) is 0 Å². The Morgan fingerprint density at radius 3 is 2.84 bits per heavy atom. The van der Waals surface area contributed by atoms with Gasteiger partial charge in [-0.1, -0.05) is 17.7 Å². The summed E-state index contributed by atoms with van der Waals surface area (Å²) in [5.41, 5.74) is 1.04. The molecule has 1 aliphatic carbocycles. The number of benzene rings is 1. The third-order valence-electron chi connectivity index (χ3n) is 2.92. The first-order valence-electron chi connectivity index (χ1n) is 6.12. The second-order valence-electron chi connectivity index (χ2n) is 4.55. The number of rotatable bonds is 4. The predicted molar refractivity (Wildman–Crippen MR) is 75.0 cm³/mol. The maximum absolute atomic E-state index is 13.1. The van der Waals surface area contributed by atoms with Crippen molar-refractivity contribution < 1.29 is 4.39 Å². The van der Waals surface area contributed by atoms with Gasteiger partial charge in [-0.2, -0.15) is 0 Å². The Bertz CT molecular complexity index is 602. The molecule has 1 fully saturated rings. The number of nitrogens with zero attached hydrogens (tertiary/aromatic N) is 2. The van der Waals surface area contributed by atoms with Gasteiger partial charge in [0.05, 0.1) is 5.75 Å². The van der Waals surface area contributed by atoms with Gasteiger partial charge >= 0.3 is 0 Å². The van der Waals surface area contributed by atoms with E-state index in [2.05, 4.69) is 9.97 Å². The Kier molecular flexibility index (Phi) is 3.71. The van der Waals surface area contributed by atoms with Crippen LogP contribution in [0.25, 0.3) is 0 Å². The van der Waals surface area contributed by atoms with E-state index >= 15 is 0 Å². The molecule has 0 spiro atoms. The van der Waals surface area contributed by atoms with Gasteiger partial charge in [0.25, 0.3) is 0 Å². The molecule has 0 atom stereocenters. The van der Waals surface area contributed by atoms with Crippen LogP contribution in [0.3, 0.4) is 0 Å². The van der Waals surface area contributed by atoms with E-state index in [4.69, 9.17) is 11.6 Å². The number of halogens is 2. The van der Waals surface area contributed by atoms with Crippen LogP contribution < -0.4 is 0 Å². The molecule has 0 radical (unpaired) electrons. The van der Waals surface area contributed by atoms with Crippen molar-refractivity contribution in [1.82, 2.24) is 9.97 Å². The van der Waals surface area contributed by atoms with Crippen molar-refractivity contribution in [1.29, 1.82) is 0 Å². The lowest BCUT2D eigenvalue weighted by Gasteiger charge is -2.04. The highest BCUT2D eigenvalue weighted by Crippen LogP contribution is 2.39. The number of thioether (sulfide) groups is 1. The fourth-order valence-corrected chi connectivity index (χ4v) is 2.85. The molecule has 0 amide bonds. The first-order chi connectivity index (χ1) is 9.20. The van der Waals surface area contributed by atoms with Crippen molar-refractivity contribution in [3.05, 3.63) is 52.8 Å². The SMILES string of the molecule is Fc1cccc(SCc2nc(Cl)cc(C3CC3)n2)c1. The third-order valence-corrected chi connectivity index (χ3v) is 4.10. The van der Waals surface area contributed by atoms with Crippen LogP contribution in [-0.4, -0.2) is 9.97 Å². The lowest BCUT2D eigenvalue weighted by Crippen LogP contribution is -1.97. The highest BCUT2D eigenvalue weighted by atomic mass is 35.5. The van der Waals surface area contributed by atoms with E-state index in [-0.39, 0.29) is 5.82 Å². The molecule has 1 aliphatic rings. The smallest absolute Gasteiger partial charge is 0.140 e. The van der Waals surface area contributed by atoms with E-state index in [0.29, 0.717) is 22.6 Å². The highest BCUT2D eigenvalue weighted by molar-refractivity contribution is 7.98. The standard InChI is InChI=1S/C14H12ClFN2S/c15-13-7-12(9-4-5-9)17-14(18-13)8-19-11-3-1-2-10(16)6-11/h1-3,6-7,9H,4-5,8H2. The summed E-state index contributed by atoms with van der Waals surface area (Å²) in [6, 6.07) is 8.37. The first kappa shape index (κ1) is 12.9. The molecule has 0 saturated heterocycles. The van der Waals surface area contributed by atoms with Gasteiger partial charge < -0.3 is 0 Å². The molecular formula is C14H12ClFN2S. The van der Waals surface area contributed by atoms with Crippen molar-refractivity contribution in [3.63, 3.8) is 0 Å². The summed E-state index contributed by atoms with van der Waals surface area (Å²) in [6.07, 6.45) is 2.37. The molecule has 2 nitrogen and oxygen atoms in total. The van der Waals surface area contributed by atoms with Crippen LogP contribution in [-0.2, 0) is 5.75 Å². The summed E-state index contributed by atoms with van der Waals surface area (Å²) in [6.45, 7) is 0. The van der Waals surface area contributed by atoms with Gasteiger partial charge in [-0.05, 0) is 37.1 Å². The molecule has 3 rings (SSSR count). The maximum atomic E-state index is 13.1. The minimum absolute atomic E-state index is 0.226. The fourth-order valence-electron chi connectivity index (χ4n) is 1.84. The van der Waals surface area contributed by atoms with Crippen molar-refractivity contribution in [2.45, 2.75) is 29.4 Å². The van der Waals surface area contributed by atoms with E-state index in [1.54, 1.807) is 6.07 Å². The molecule has 0 N–H and O–H groups in total. The molecular weight excluding hydrogens is 283 g/mol. The second-order valence-corrected chi connectivity index (χ2v) is 5.99. The van der Waals surface area contributed by atoms with Crippen molar-refractivity contribution >= 4 is 23.4 Å². The van der Waals surface area contributed by atoms with Gasteiger partial charge in [0.15, 0.2) is 0 Å². The van der Waals surface area contributed by atoms with Crippen LogP contribution in [0.2, 0.25) is 5.15 Å². The molecule has 2 aromatic rings. The largest absolute Gasteiger partial charge is 0.237 e. The lowest BCUT2D eigenvalue weighted by molar-refractivity contribution is 0.624. The predicted octanol–water partition coefficient (Wildman–Crippen LogP) is 4.44. The Hall–Kier alpha value is -1.13. The number of aromatic nitrogens is 2. The summed E-state index contributed by atoms with van der Waals surface area (Å²) in [7, 11) is 0. The van der Waals surface area contributed by atoms with Gasteiger partial charge in [0.1, 0.15) is 16.8 Å². The Balaban J connectivity index is 1.72. The van der Waals surface area contributed by atoms with E-state index < -0.39 is 0 Å². The molecule has 5 heteroatoms. The highest BCUT2D eigenvalue weighted by Gasteiger charge is 2.25. The Labute approximate surface area is 120 Å². The first-order valence-corrected chi connectivity index (χ1v) is 7.49. The summed E-state index contributed by atoms with van der Waals surface area (Å²) < 4.78 is 13.1. The molecule has 0 bridgehead atoms. The van der Waals surface area contributed by atoms with Crippen LogP contribution in [0, 0.1) is 5.82 Å². The average molecular weight is 295 g/mol. The second kappa shape index (κ2) is 5.47. The molecule has 98 valence electrons. The van der Waals surface area contributed by atoms with E-state index in [0.717, 1.165) is 10.6 Å². The Morgan fingerprint density at radius 2 is 2.11 bits per heavy atom. The maximum Gasteiger partial charge on any atom is 0.140 e. The van der Waals surface area contributed by atoms with Gasteiger partial charge in [0.2, 0.25) is 0 Å². The van der Waals surface area contributed by atoms with E-state index in [1.807, 2.05) is 12.1 Å². The quantitative estimate of drug-likeness (QED) is 0.616. The normalized spacial score (nSPS) is 14.6. The summed E-state index contributed by atoms with van der Waals surface area (Å²) >= 11 is 7.52. The van der Waals surface area contributed by atoms with Crippen LogP contribution in [0.5, 0.6) is 0 Å². The summed E-state index contributed by atoms with van der Waals surface area (Å²) in [5, 5.41) is 0.492. The zero-order valence-corrected chi connectivity index (χ0v) is 11.7. The number of hydrogen-bond donors (Lipinski definition) is 0. The Morgan fingerprint density at radius 1 is 1.26 bits per heavy atom. The van der Waals surface area contributed by atoms with Crippen LogP contribution in [0.4, 0.5) is 4.39 Å². The molecule has 19 heavy (non-hydrogen) atoms. The van der Waals surface area contributed by atoms with Crippen LogP contribution in [0.15, 0.2) is 35.2 Å². The average Bonchev–Trinajstić information content (AvgIpc) is 3.20. The van der Waals surface area contributed by atoms with Gasteiger partial charge in [-0.25, -0.2) is 14.4 Å². The molecule has 1 aromatic carbocycles. The molecule has 0 unspecified atom stereocenters. The zero-order valence-electron chi connectivity index (χ0n) is 10.1. The van der Waals surface area contributed by atoms with Gasteiger partial charge in [0, 0.05) is 16.5 Å². The van der Waals surface area contributed by atoms with Gasteiger partial charge in [-0.15, -0.1) is 11.8 Å².